The third-order valence-corrected chi connectivity index (χ3v) is 5.76. The van der Waals surface area contributed by atoms with Gasteiger partial charge in [0.2, 0.25) is 10.0 Å². The average molecular weight is 344 g/mol. The molecule has 1 aliphatic rings. The lowest BCUT2D eigenvalue weighted by Gasteiger charge is -2.25. The molecule has 0 atom stereocenters. The van der Waals surface area contributed by atoms with Crippen LogP contribution in [0.2, 0.25) is 0 Å². The highest BCUT2D eigenvalue weighted by Crippen LogP contribution is 2.20. The smallest absolute Gasteiger partial charge is 0.244 e. The van der Waals surface area contributed by atoms with Gasteiger partial charge in [-0.2, -0.15) is 9.41 Å². The highest BCUT2D eigenvalue weighted by Gasteiger charge is 2.25. The summed E-state index contributed by atoms with van der Waals surface area (Å²) in [6, 6.07) is 12.9. The normalized spacial score (nSPS) is 16.3. The maximum Gasteiger partial charge on any atom is 0.244 e. The van der Waals surface area contributed by atoms with Crippen LogP contribution in [0.15, 0.2) is 58.7 Å². The monoisotopic (exact) mass is 344 g/mol. The topological polar surface area (TPSA) is 74.7 Å². The Bertz CT molecular complexity index is 783. The van der Waals surface area contributed by atoms with Gasteiger partial charge in [0.25, 0.3) is 0 Å². The van der Waals surface area contributed by atoms with E-state index in [1.54, 1.807) is 18.3 Å². The summed E-state index contributed by atoms with van der Waals surface area (Å²) in [5, 5.41) is 4.10. The Labute approximate surface area is 142 Å². The van der Waals surface area contributed by atoms with Gasteiger partial charge in [-0.25, -0.2) is 13.4 Å². The van der Waals surface area contributed by atoms with Crippen molar-refractivity contribution < 1.29 is 8.42 Å². The Morgan fingerprint density at radius 3 is 2.46 bits per heavy atom. The Balaban J connectivity index is 1.66. The van der Waals surface area contributed by atoms with E-state index in [0.29, 0.717) is 18.9 Å². The number of rotatable bonds is 5. The Morgan fingerprint density at radius 2 is 1.79 bits per heavy atom. The van der Waals surface area contributed by atoms with Crippen molar-refractivity contribution in [2.24, 2.45) is 5.10 Å². The summed E-state index contributed by atoms with van der Waals surface area (Å²) in [7, 11) is -3.44. The van der Waals surface area contributed by atoms with Crippen LogP contribution < -0.4 is 5.43 Å². The zero-order valence-corrected chi connectivity index (χ0v) is 14.1. The van der Waals surface area contributed by atoms with Crippen LogP contribution in [0.4, 0.5) is 5.82 Å². The van der Waals surface area contributed by atoms with E-state index in [-0.39, 0.29) is 4.90 Å². The lowest BCUT2D eigenvalue weighted by atomic mass is 10.2. The number of sulfonamides is 1. The third-order valence-electron chi connectivity index (χ3n) is 3.88. The fourth-order valence-electron chi connectivity index (χ4n) is 2.57. The molecule has 0 amide bonds. The molecule has 1 aromatic carbocycles. The number of hydrogen-bond donors (Lipinski definition) is 1. The van der Waals surface area contributed by atoms with Gasteiger partial charge >= 0.3 is 0 Å². The van der Waals surface area contributed by atoms with Gasteiger partial charge in [0, 0.05) is 19.3 Å². The van der Waals surface area contributed by atoms with Gasteiger partial charge in [-0.15, -0.1) is 0 Å². The number of hydrogen-bond acceptors (Lipinski definition) is 5. The predicted octanol–water partition coefficient (Wildman–Crippen LogP) is 2.70. The van der Waals surface area contributed by atoms with Crippen LogP contribution in [0, 0.1) is 0 Å². The second-order valence-corrected chi connectivity index (χ2v) is 7.56. The SMILES string of the molecule is O=S(=O)(c1ccc(N/N=C\c2ccccc2)nc1)N1CCCCC1. The van der Waals surface area contributed by atoms with Crippen LogP contribution in [0.3, 0.4) is 0 Å². The van der Waals surface area contributed by atoms with E-state index in [1.807, 2.05) is 30.3 Å². The van der Waals surface area contributed by atoms with E-state index in [4.69, 9.17) is 0 Å². The molecule has 0 spiro atoms. The third kappa shape index (κ3) is 3.98. The molecule has 1 fully saturated rings. The van der Waals surface area contributed by atoms with Crippen LogP contribution in [0.1, 0.15) is 24.8 Å². The molecule has 24 heavy (non-hydrogen) atoms. The summed E-state index contributed by atoms with van der Waals surface area (Å²) in [5.74, 6) is 0.500. The first kappa shape index (κ1) is 16.6. The van der Waals surface area contributed by atoms with Crippen LogP contribution >= 0.6 is 0 Å². The molecule has 0 bridgehead atoms. The minimum atomic E-state index is -3.44. The molecule has 0 aliphatic carbocycles. The van der Waals surface area contributed by atoms with Gasteiger partial charge < -0.3 is 0 Å². The second-order valence-electron chi connectivity index (χ2n) is 5.62. The van der Waals surface area contributed by atoms with E-state index >= 15 is 0 Å². The fraction of sp³-hybridized carbons (Fsp3) is 0.294. The van der Waals surface area contributed by atoms with Crippen molar-refractivity contribution in [2.45, 2.75) is 24.2 Å². The zero-order valence-electron chi connectivity index (χ0n) is 13.3. The van der Waals surface area contributed by atoms with Gasteiger partial charge in [-0.1, -0.05) is 36.8 Å². The molecule has 1 aromatic heterocycles. The average Bonchev–Trinajstić information content (AvgIpc) is 2.64. The molecule has 0 radical (unpaired) electrons. The quantitative estimate of drug-likeness (QED) is 0.668. The maximum absolute atomic E-state index is 12.5. The summed E-state index contributed by atoms with van der Waals surface area (Å²) in [6.45, 7) is 1.17. The molecule has 1 N–H and O–H groups in total. The molecule has 6 nitrogen and oxygen atoms in total. The first-order chi connectivity index (χ1) is 11.7. The summed E-state index contributed by atoms with van der Waals surface area (Å²) in [6.07, 6.45) is 5.98. The first-order valence-corrected chi connectivity index (χ1v) is 9.40. The van der Waals surface area contributed by atoms with Crippen molar-refractivity contribution in [1.29, 1.82) is 0 Å². The van der Waals surface area contributed by atoms with E-state index in [9.17, 15) is 8.42 Å². The van der Waals surface area contributed by atoms with E-state index in [0.717, 1.165) is 24.8 Å². The number of piperidine rings is 1. The van der Waals surface area contributed by atoms with Crippen LogP contribution in [0.5, 0.6) is 0 Å². The number of benzene rings is 1. The minimum absolute atomic E-state index is 0.224. The highest BCUT2D eigenvalue weighted by atomic mass is 32.2. The maximum atomic E-state index is 12.5. The predicted molar refractivity (Wildman–Crippen MR) is 94.5 cm³/mol. The van der Waals surface area contributed by atoms with Crippen molar-refractivity contribution in [2.75, 3.05) is 18.5 Å². The number of hydrazone groups is 1. The van der Waals surface area contributed by atoms with E-state index in [2.05, 4.69) is 15.5 Å². The molecule has 2 heterocycles. The van der Waals surface area contributed by atoms with Crippen molar-refractivity contribution in [3.05, 3.63) is 54.2 Å². The summed E-state index contributed by atoms with van der Waals surface area (Å²) in [5.41, 5.74) is 3.77. The number of anilines is 1. The van der Waals surface area contributed by atoms with Crippen molar-refractivity contribution in [3.8, 4) is 0 Å². The Hall–Kier alpha value is -2.25. The highest BCUT2D eigenvalue weighted by molar-refractivity contribution is 7.89. The van der Waals surface area contributed by atoms with Crippen molar-refractivity contribution >= 4 is 22.1 Å². The molecule has 2 aromatic rings. The van der Waals surface area contributed by atoms with Crippen LogP contribution in [-0.2, 0) is 10.0 Å². The van der Waals surface area contributed by atoms with Gasteiger partial charge in [0.05, 0.1) is 6.21 Å². The van der Waals surface area contributed by atoms with Gasteiger partial charge in [-0.3, -0.25) is 5.43 Å². The Kier molecular flexibility index (Phi) is 5.22. The molecule has 126 valence electrons. The lowest BCUT2D eigenvalue weighted by molar-refractivity contribution is 0.346. The Morgan fingerprint density at radius 1 is 1.04 bits per heavy atom. The first-order valence-electron chi connectivity index (χ1n) is 7.96. The zero-order chi connectivity index (χ0) is 16.8. The van der Waals surface area contributed by atoms with Crippen molar-refractivity contribution in [3.63, 3.8) is 0 Å². The fourth-order valence-corrected chi connectivity index (χ4v) is 4.03. The van der Waals surface area contributed by atoms with E-state index < -0.39 is 10.0 Å². The van der Waals surface area contributed by atoms with Crippen LogP contribution in [0.25, 0.3) is 0 Å². The molecular formula is C17H20N4O2S. The minimum Gasteiger partial charge on any atom is -0.261 e. The molecule has 7 heteroatoms. The summed E-state index contributed by atoms with van der Waals surface area (Å²) >= 11 is 0. The lowest BCUT2D eigenvalue weighted by Crippen LogP contribution is -2.35. The second kappa shape index (κ2) is 7.55. The number of nitrogens with zero attached hydrogens (tertiary/aromatic N) is 3. The number of aromatic nitrogens is 1. The number of nitrogens with one attached hydrogen (secondary N) is 1. The molecule has 3 rings (SSSR count). The molecule has 1 saturated heterocycles. The van der Waals surface area contributed by atoms with Crippen molar-refractivity contribution in [1.82, 2.24) is 9.29 Å². The molecule has 0 unspecified atom stereocenters. The molecule has 1 aliphatic heterocycles. The largest absolute Gasteiger partial charge is 0.261 e. The number of pyridine rings is 1. The van der Waals surface area contributed by atoms with Gasteiger partial charge in [0.15, 0.2) is 0 Å². The van der Waals surface area contributed by atoms with Crippen LogP contribution in [-0.4, -0.2) is 37.0 Å². The molecule has 0 saturated carbocycles. The standard InChI is InChI=1S/C17H20N4O2S/c22-24(23,21-11-5-2-6-12-21)16-9-10-17(18-14-16)20-19-13-15-7-3-1-4-8-15/h1,3-4,7-10,13-14H,2,5-6,11-12H2,(H,18,20)/b19-13-. The van der Waals surface area contributed by atoms with E-state index in [1.165, 1.54) is 10.5 Å². The summed E-state index contributed by atoms with van der Waals surface area (Å²) < 4.78 is 26.6. The molecular weight excluding hydrogens is 324 g/mol. The van der Waals surface area contributed by atoms with Gasteiger partial charge in [-0.05, 0) is 30.5 Å². The summed E-state index contributed by atoms with van der Waals surface area (Å²) in [4.78, 5) is 4.36. The van der Waals surface area contributed by atoms with Gasteiger partial charge in [0.1, 0.15) is 10.7 Å².